The number of aliphatic hydroxyl groups is 2. The number of hydrogen-bond donors (Lipinski definition) is 2. The Morgan fingerprint density at radius 3 is 2.61 bits per heavy atom. The second-order valence-electron chi connectivity index (χ2n) is 4.88. The SMILES string of the molecule is C=C/C=C(\C=C/C)CC1CCC(CO)(CO)C1=O. The van der Waals surface area contributed by atoms with E-state index >= 15 is 0 Å². The average molecular weight is 250 g/mol. The molecular formula is C15H22O3. The highest BCUT2D eigenvalue weighted by atomic mass is 16.3. The van der Waals surface area contributed by atoms with E-state index in [-0.39, 0.29) is 24.9 Å². The molecular weight excluding hydrogens is 228 g/mol. The number of hydrogen-bond acceptors (Lipinski definition) is 3. The maximum absolute atomic E-state index is 12.2. The van der Waals surface area contributed by atoms with E-state index < -0.39 is 5.41 Å². The van der Waals surface area contributed by atoms with Crippen molar-refractivity contribution in [1.82, 2.24) is 0 Å². The fourth-order valence-electron chi connectivity index (χ4n) is 2.54. The van der Waals surface area contributed by atoms with Crippen LogP contribution in [-0.2, 0) is 4.79 Å². The van der Waals surface area contributed by atoms with Gasteiger partial charge in [-0.05, 0) is 31.8 Å². The minimum absolute atomic E-state index is 0.00744. The molecule has 0 bridgehead atoms. The van der Waals surface area contributed by atoms with E-state index in [1.54, 1.807) is 6.08 Å². The fourth-order valence-corrected chi connectivity index (χ4v) is 2.54. The molecule has 1 saturated carbocycles. The molecule has 18 heavy (non-hydrogen) atoms. The summed E-state index contributed by atoms with van der Waals surface area (Å²) in [5.74, 6) is -0.112. The number of rotatable bonds is 6. The predicted octanol–water partition coefficient (Wildman–Crippen LogP) is 2.02. The molecule has 0 aromatic rings. The first-order valence-electron chi connectivity index (χ1n) is 6.34. The third-order valence-electron chi connectivity index (χ3n) is 3.66. The van der Waals surface area contributed by atoms with Gasteiger partial charge in [-0.25, -0.2) is 0 Å². The first-order valence-corrected chi connectivity index (χ1v) is 6.34. The summed E-state index contributed by atoms with van der Waals surface area (Å²) in [5, 5.41) is 18.6. The van der Waals surface area contributed by atoms with Crippen molar-refractivity contribution in [3.8, 4) is 0 Å². The maximum Gasteiger partial charge on any atom is 0.147 e. The normalized spacial score (nSPS) is 23.8. The van der Waals surface area contributed by atoms with E-state index in [1.165, 1.54) is 0 Å². The number of aliphatic hydroxyl groups excluding tert-OH is 2. The van der Waals surface area contributed by atoms with Crippen LogP contribution >= 0.6 is 0 Å². The highest BCUT2D eigenvalue weighted by Gasteiger charge is 2.46. The Morgan fingerprint density at radius 2 is 2.17 bits per heavy atom. The zero-order chi connectivity index (χ0) is 13.6. The average Bonchev–Trinajstić information content (AvgIpc) is 2.68. The molecule has 1 atom stereocenters. The van der Waals surface area contributed by atoms with Crippen LogP contribution < -0.4 is 0 Å². The van der Waals surface area contributed by atoms with Gasteiger partial charge >= 0.3 is 0 Å². The summed E-state index contributed by atoms with van der Waals surface area (Å²) < 4.78 is 0. The lowest BCUT2D eigenvalue weighted by atomic mass is 9.84. The van der Waals surface area contributed by atoms with Gasteiger partial charge < -0.3 is 10.2 Å². The van der Waals surface area contributed by atoms with Crippen LogP contribution in [0.25, 0.3) is 0 Å². The molecule has 1 fully saturated rings. The lowest BCUT2D eigenvalue weighted by molar-refractivity contribution is -0.133. The van der Waals surface area contributed by atoms with E-state index in [9.17, 15) is 15.0 Å². The van der Waals surface area contributed by atoms with E-state index in [4.69, 9.17) is 0 Å². The second-order valence-corrected chi connectivity index (χ2v) is 4.88. The van der Waals surface area contributed by atoms with Crippen molar-refractivity contribution >= 4 is 5.78 Å². The van der Waals surface area contributed by atoms with Crippen LogP contribution in [0.15, 0.2) is 36.5 Å². The molecule has 1 aliphatic rings. The Hall–Kier alpha value is -1.19. The summed E-state index contributed by atoms with van der Waals surface area (Å²) in [7, 11) is 0. The summed E-state index contributed by atoms with van der Waals surface area (Å²) in [6.07, 6.45) is 9.45. The third-order valence-corrected chi connectivity index (χ3v) is 3.66. The molecule has 100 valence electrons. The number of carbonyl (C=O) groups excluding carboxylic acids is 1. The van der Waals surface area contributed by atoms with Gasteiger partial charge in [-0.2, -0.15) is 0 Å². The van der Waals surface area contributed by atoms with Gasteiger partial charge in [0.1, 0.15) is 5.78 Å². The summed E-state index contributed by atoms with van der Waals surface area (Å²) in [6.45, 7) is 5.07. The van der Waals surface area contributed by atoms with E-state index in [0.717, 1.165) is 12.0 Å². The van der Waals surface area contributed by atoms with Gasteiger partial charge in [-0.15, -0.1) is 0 Å². The summed E-state index contributed by atoms with van der Waals surface area (Å²) in [4.78, 5) is 12.2. The summed E-state index contributed by atoms with van der Waals surface area (Å²) in [6, 6.07) is 0. The fraction of sp³-hybridized carbons (Fsp3) is 0.533. The number of allylic oxidation sites excluding steroid dienone is 5. The van der Waals surface area contributed by atoms with Crippen LogP contribution in [-0.4, -0.2) is 29.2 Å². The smallest absolute Gasteiger partial charge is 0.147 e. The van der Waals surface area contributed by atoms with Crippen molar-refractivity contribution < 1.29 is 15.0 Å². The van der Waals surface area contributed by atoms with Gasteiger partial charge in [-0.3, -0.25) is 4.79 Å². The summed E-state index contributed by atoms with van der Waals surface area (Å²) in [5.41, 5.74) is 0.136. The quantitative estimate of drug-likeness (QED) is 0.709. The van der Waals surface area contributed by atoms with Crippen molar-refractivity contribution in [2.45, 2.75) is 26.2 Å². The topological polar surface area (TPSA) is 57.5 Å². The molecule has 0 amide bonds. The lowest BCUT2D eigenvalue weighted by Crippen LogP contribution is -2.36. The van der Waals surface area contributed by atoms with Gasteiger partial charge in [-0.1, -0.05) is 30.9 Å². The Bertz CT molecular complexity index is 362. The van der Waals surface area contributed by atoms with Crippen molar-refractivity contribution in [2.24, 2.45) is 11.3 Å². The molecule has 3 heteroatoms. The van der Waals surface area contributed by atoms with Crippen LogP contribution in [0.3, 0.4) is 0 Å². The van der Waals surface area contributed by atoms with E-state index in [0.29, 0.717) is 12.8 Å². The molecule has 3 nitrogen and oxygen atoms in total. The van der Waals surface area contributed by atoms with E-state index in [1.807, 2.05) is 25.2 Å². The monoisotopic (exact) mass is 250 g/mol. The molecule has 0 aromatic carbocycles. The highest BCUT2D eigenvalue weighted by Crippen LogP contribution is 2.40. The van der Waals surface area contributed by atoms with Crippen LogP contribution in [0.2, 0.25) is 0 Å². The van der Waals surface area contributed by atoms with Gasteiger partial charge in [0.2, 0.25) is 0 Å². The largest absolute Gasteiger partial charge is 0.395 e. The molecule has 0 radical (unpaired) electrons. The molecule has 0 spiro atoms. The molecule has 1 aliphatic carbocycles. The molecule has 1 unspecified atom stereocenters. The zero-order valence-corrected chi connectivity index (χ0v) is 10.9. The van der Waals surface area contributed by atoms with Gasteiger partial charge in [0.15, 0.2) is 0 Å². The van der Waals surface area contributed by atoms with Crippen LogP contribution in [0.5, 0.6) is 0 Å². The Labute approximate surface area is 109 Å². The number of Topliss-reactive ketones (excluding diaryl/α,β-unsaturated/α-hetero) is 1. The van der Waals surface area contributed by atoms with Crippen molar-refractivity contribution in [1.29, 1.82) is 0 Å². The minimum Gasteiger partial charge on any atom is -0.395 e. The van der Waals surface area contributed by atoms with Crippen molar-refractivity contribution in [3.63, 3.8) is 0 Å². The Balaban J connectivity index is 2.79. The molecule has 1 rings (SSSR count). The first-order chi connectivity index (χ1) is 8.63. The zero-order valence-electron chi connectivity index (χ0n) is 10.9. The molecule has 2 N–H and O–H groups in total. The Kier molecular flexibility index (Phi) is 5.51. The van der Waals surface area contributed by atoms with Crippen LogP contribution in [0, 0.1) is 11.3 Å². The number of carbonyl (C=O) groups is 1. The number of ketones is 1. The van der Waals surface area contributed by atoms with Crippen molar-refractivity contribution in [3.05, 3.63) is 36.5 Å². The van der Waals surface area contributed by atoms with E-state index in [2.05, 4.69) is 6.58 Å². The second kappa shape index (κ2) is 6.66. The first kappa shape index (κ1) is 14.9. The third kappa shape index (κ3) is 2.98. The summed E-state index contributed by atoms with van der Waals surface area (Å²) >= 11 is 0. The molecule has 0 aromatic heterocycles. The molecule has 0 heterocycles. The van der Waals surface area contributed by atoms with Gasteiger partial charge in [0.05, 0.1) is 18.6 Å². The highest BCUT2D eigenvalue weighted by molar-refractivity contribution is 5.89. The van der Waals surface area contributed by atoms with Crippen LogP contribution in [0.4, 0.5) is 0 Å². The lowest BCUT2D eigenvalue weighted by Gasteiger charge is -2.22. The minimum atomic E-state index is -0.917. The predicted molar refractivity (Wildman–Crippen MR) is 72.0 cm³/mol. The maximum atomic E-state index is 12.2. The van der Waals surface area contributed by atoms with Gasteiger partial charge in [0, 0.05) is 5.92 Å². The van der Waals surface area contributed by atoms with Crippen molar-refractivity contribution in [2.75, 3.05) is 13.2 Å². The molecule has 0 aliphatic heterocycles. The standard InChI is InChI=1S/C15H22O3/c1-3-5-12(6-4-2)9-13-7-8-15(10-16,11-17)14(13)18/h3-6,13,16-17H,1,7-11H2,2H3/b6-4-,12-5+. The van der Waals surface area contributed by atoms with Gasteiger partial charge in [0.25, 0.3) is 0 Å². The molecule has 0 saturated heterocycles. The Morgan fingerprint density at radius 1 is 1.50 bits per heavy atom. The van der Waals surface area contributed by atoms with Crippen LogP contribution in [0.1, 0.15) is 26.2 Å².